The smallest absolute Gasteiger partial charge is 0.318 e. The first-order valence-corrected chi connectivity index (χ1v) is 11.1. The number of hydrogen-bond acceptors (Lipinski definition) is 4. The van der Waals surface area contributed by atoms with Crippen LogP contribution in [0.5, 0.6) is 0 Å². The number of urea groups is 1. The minimum absolute atomic E-state index is 0.0638. The highest BCUT2D eigenvalue weighted by molar-refractivity contribution is 5.76. The molecule has 6 atom stereocenters. The molecule has 5 rings (SSSR count). The molecule has 6 nitrogen and oxygen atoms in total. The van der Waals surface area contributed by atoms with Gasteiger partial charge in [-0.2, -0.15) is 0 Å². The summed E-state index contributed by atoms with van der Waals surface area (Å²) in [6.07, 6.45) is 2.07. The van der Waals surface area contributed by atoms with Crippen molar-refractivity contribution in [3.8, 4) is 0 Å². The van der Waals surface area contributed by atoms with Gasteiger partial charge >= 0.3 is 6.03 Å². The molecular formula is C24H31N5O. The lowest BCUT2D eigenvalue weighted by atomic mass is 9.71. The van der Waals surface area contributed by atoms with E-state index in [0.717, 1.165) is 30.8 Å². The van der Waals surface area contributed by atoms with Crippen LogP contribution >= 0.6 is 0 Å². The number of rotatable bonds is 3. The van der Waals surface area contributed by atoms with E-state index in [0.29, 0.717) is 17.9 Å². The first-order valence-electron chi connectivity index (χ1n) is 11.1. The average Bonchev–Trinajstić information content (AvgIpc) is 3.14. The van der Waals surface area contributed by atoms with E-state index in [-0.39, 0.29) is 24.2 Å². The van der Waals surface area contributed by atoms with Crippen molar-refractivity contribution in [3.05, 3.63) is 65.0 Å². The maximum absolute atomic E-state index is 12.9. The summed E-state index contributed by atoms with van der Waals surface area (Å²) in [5, 5.41) is 3.31. The standard InChI is InChI=1S/C24H31N5O/c1-14-9-18(10-15(2)25-14)23-20-11-19-13-29(16(3)17-7-5-4-6-8-17)24(30)26-21(19)12-22(20)27-28-23/h4-10,16,19-23,27-28H,11-13H2,1-3H3,(H,26,30)/t16-,19?,20?,21?,22?,23?/m1/s1. The lowest BCUT2D eigenvalue weighted by molar-refractivity contribution is 0.0835. The molecule has 6 heteroatoms. The van der Waals surface area contributed by atoms with Gasteiger partial charge in [0.25, 0.3) is 0 Å². The Morgan fingerprint density at radius 3 is 2.50 bits per heavy atom. The van der Waals surface area contributed by atoms with E-state index < -0.39 is 0 Å². The summed E-state index contributed by atoms with van der Waals surface area (Å²) in [5.74, 6) is 0.972. The Hall–Kier alpha value is -2.44. The molecule has 1 aromatic carbocycles. The van der Waals surface area contributed by atoms with Crippen LogP contribution in [0.2, 0.25) is 0 Å². The number of carbonyl (C=O) groups is 1. The van der Waals surface area contributed by atoms with E-state index in [1.165, 1.54) is 11.1 Å². The third kappa shape index (κ3) is 3.48. The third-order valence-corrected chi connectivity index (χ3v) is 7.23. The van der Waals surface area contributed by atoms with Gasteiger partial charge in [0.1, 0.15) is 0 Å². The zero-order valence-electron chi connectivity index (χ0n) is 17.9. The van der Waals surface area contributed by atoms with Crippen molar-refractivity contribution in [2.24, 2.45) is 11.8 Å². The van der Waals surface area contributed by atoms with Gasteiger partial charge in [0.2, 0.25) is 0 Å². The molecule has 3 N–H and O–H groups in total. The van der Waals surface area contributed by atoms with Crippen LogP contribution in [0, 0.1) is 25.7 Å². The fraction of sp³-hybridized carbons (Fsp3) is 0.500. The van der Waals surface area contributed by atoms with E-state index >= 15 is 0 Å². The van der Waals surface area contributed by atoms with Crippen molar-refractivity contribution >= 4 is 6.03 Å². The van der Waals surface area contributed by atoms with Gasteiger partial charge in [-0.15, -0.1) is 0 Å². The molecule has 5 unspecified atom stereocenters. The number of hydrazine groups is 1. The molecule has 0 spiro atoms. The number of amides is 2. The van der Waals surface area contributed by atoms with Crippen molar-refractivity contribution in [3.63, 3.8) is 0 Å². The first-order chi connectivity index (χ1) is 14.5. The van der Waals surface area contributed by atoms with Crippen LogP contribution in [-0.2, 0) is 0 Å². The second-order valence-electron chi connectivity index (χ2n) is 9.25. The first kappa shape index (κ1) is 19.5. The predicted octanol–water partition coefficient (Wildman–Crippen LogP) is 3.40. The number of fused-ring (bicyclic) bond motifs is 2. The van der Waals surface area contributed by atoms with Crippen molar-refractivity contribution < 1.29 is 4.79 Å². The Morgan fingerprint density at radius 1 is 1.03 bits per heavy atom. The van der Waals surface area contributed by atoms with Crippen LogP contribution in [0.15, 0.2) is 42.5 Å². The molecule has 1 aliphatic carbocycles. The average molecular weight is 406 g/mol. The highest BCUT2D eigenvalue weighted by Gasteiger charge is 2.48. The largest absolute Gasteiger partial charge is 0.335 e. The molecule has 3 fully saturated rings. The van der Waals surface area contributed by atoms with Gasteiger partial charge in [0.15, 0.2) is 0 Å². The summed E-state index contributed by atoms with van der Waals surface area (Å²) in [4.78, 5) is 19.4. The van der Waals surface area contributed by atoms with Gasteiger partial charge in [-0.3, -0.25) is 10.4 Å². The minimum Gasteiger partial charge on any atom is -0.335 e. The molecule has 30 heavy (non-hydrogen) atoms. The second-order valence-corrected chi connectivity index (χ2v) is 9.25. The molecule has 2 amide bonds. The van der Waals surface area contributed by atoms with Gasteiger partial charge in [-0.05, 0) is 68.7 Å². The van der Waals surface area contributed by atoms with E-state index in [1.54, 1.807) is 0 Å². The van der Waals surface area contributed by atoms with Crippen LogP contribution in [0.25, 0.3) is 0 Å². The van der Waals surface area contributed by atoms with E-state index in [9.17, 15) is 4.79 Å². The zero-order chi connectivity index (χ0) is 20.8. The fourth-order valence-corrected chi connectivity index (χ4v) is 5.74. The molecule has 2 aliphatic heterocycles. The van der Waals surface area contributed by atoms with E-state index in [1.807, 2.05) is 23.1 Å². The monoisotopic (exact) mass is 405 g/mol. The lowest BCUT2D eigenvalue weighted by Crippen LogP contribution is -2.61. The van der Waals surface area contributed by atoms with Crippen LogP contribution in [0.3, 0.4) is 0 Å². The van der Waals surface area contributed by atoms with Crippen molar-refractivity contribution in [1.82, 2.24) is 26.1 Å². The minimum atomic E-state index is 0.0638. The number of pyridine rings is 1. The normalized spacial score (nSPS) is 31.6. The van der Waals surface area contributed by atoms with Gasteiger partial charge < -0.3 is 10.2 Å². The molecule has 3 heterocycles. The second kappa shape index (κ2) is 7.67. The van der Waals surface area contributed by atoms with Crippen molar-refractivity contribution in [2.75, 3.05) is 6.54 Å². The molecule has 0 bridgehead atoms. The van der Waals surface area contributed by atoms with Gasteiger partial charge in [0, 0.05) is 30.0 Å². The summed E-state index contributed by atoms with van der Waals surface area (Å²) >= 11 is 0. The van der Waals surface area contributed by atoms with Gasteiger partial charge in [-0.25, -0.2) is 10.2 Å². The topological polar surface area (TPSA) is 69.3 Å². The van der Waals surface area contributed by atoms with Crippen molar-refractivity contribution in [1.29, 1.82) is 0 Å². The quantitative estimate of drug-likeness (QED) is 0.732. The van der Waals surface area contributed by atoms with E-state index in [4.69, 9.17) is 0 Å². The highest BCUT2D eigenvalue weighted by Crippen LogP contribution is 2.42. The SMILES string of the molecule is Cc1cc(C2NNC3CC4NC(=O)N([C@H](C)c5ccccc5)CC4CC32)cc(C)n1. The summed E-state index contributed by atoms with van der Waals surface area (Å²) in [6, 6.07) is 15.8. The van der Waals surface area contributed by atoms with Gasteiger partial charge in [0.05, 0.1) is 12.1 Å². The Morgan fingerprint density at radius 2 is 1.77 bits per heavy atom. The Kier molecular flexibility index (Phi) is 4.99. The number of nitrogens with zero attached hydrogens (tertiary/aromatic N) is 2. The number of carbonyl (C=O) groups excluding carboxylic acids is 1. The summed E-state index contributed by atoms with van der Waals surface area (Å²) in [7, 11) is 0. The molecule has 1 aromatic heterocycles. The highest BCUT2D eigenvalue weighted by atomic mass is 16.2. The summed E-state index contributed by atoms with van der Waals surface area (Å²) in [6.45, 7) is 7.07. The molecular weight excluding hydrogens is 374 g/mol. The number of aromatic nitrogens is 1. The number of nitrogens with one attached hydrogen (secondary N) is 3. The molecule has 1 saturated carbocycles. The van der Waals surface area contributed by atoms with Crippen LogP contribution < -0.4 is 16.2 Å². The fourth-order valence-electron chi connectivity index (χ4n) is 5.74. The number of benzene rings is 1. The zero-order valence-corrected chi connectivity index (χ0v) is 17.9. The lowest BCUT2D eigenvalue weighted by Gasteiger charge is -2.47. The molecule has 0 radical (unpaired) electrons. The summed E-state index contributed by atoms with van der Waals surface area (Å²) in [5.41, 5.74) is 11.7. The molecule has 158 valence electrons. The van der Waals surface area contributed by atoms with Gasteiger partial charge in [-0.1, -0.05) is 30.3 Å². The number of hydrogen-bond donors (Lipinski definition) is 3. The van der Waals surface area contributed by atoms with Crippen molar-refractivity contribution in [2.45, 2.75) is 57.8 Å². The third-order valence-electron chi connectivity index (χ3n) is 7.23. The molecule has 2 saturated heterocycles. The Balaban J connectivity index is 1.35. The van der Waals surface area contributed by atoms with E-state index in [2.05, 4.69) is 66.2 Å². The maximum atomic E-state index is 12.9. The van der Waals surface area contributed by atoms with Crippen LogP contribution in [-0.4, -0.2) is 34.5 Å². The number of aryl methyl sites for hydroxylation is 2. The molecule has 3 aliphatic rings. The predicted molar refractivity (Wildman–Crippen MR) is 117 cm³/mol. The van der Waals surface area contributed by atoms with Crippen LogP contribution in [0.1, 0.15) is 54.4 Å². The Bertz CT molecular complexity index is 912. The Labute approximate surface area is 178 Å². The van der Waals surface area contributed by atoms with Crippen LogP contribution in [0.4, 0.5) is 4.79 Å². The molecule has 2 aromatic rings. The summed E-state index contributed by atoms with van der Waals surface area (Å²) < 4.78 is 0. The maximum Gasteiger partial charge on any atom is 0.318 e.